The summed E-state index contributed by atoms with van der Waals surface area (Å²) in [5, 5.41) is 11.6. The lowest BCUT2D eigenvalue weighted by molar-refractivity contribution is -0.115. The number of benzene rings is 2. The molecular weight excluding hydrogens is 456 g/mol. The van der Waals surface area contributed by atoms with Crippen molar-refractivity contribution in [3.05, 3.63) is 65.0 Å². The zero-order chi connectivity index (χ0) is 24.2. The number of nitrogens with zero attached hydrogens (tertiary/aromatic N) is 3. The van der Waals surface area contributed by atoms with E-state index in [1.165, 1.54) is 11.8 Å². The Hall–Kier alpha value is -2.65. The lowest BCUT2D eigenvalue weighted by atomic mass is 10.0. The van der Waals surface area contributed by atoms with Gasteiger partial charge in [0, 0.05) is 12.2 Å². The molecule has 1 unspecified atom stereocenters. The van der Waals surface area contributed by atoms with Crippen molar-refractivity contribution in [1.29, 1.82) is 0 Å². The Morgan fingerprint density at radius 3 is 2.27 bits per heavy atom. The number of amides is 1. The predicted molar refractivity (Wildman–Crippen MR) is 132 cm³/mol. The third-order valence-electron chi connectivity index (χ3n) is 5.37. The van der Waals surface area contributed by atoms with Crippen molar-refractivity contribution in [2.75, 3.05) is 5.32 Å². The van der Waals surface area contributed by atoms with Gasteiger partial charge in [0.15, 0.2) is 15.0 Å². The molecule has 9 heteroatoms. The summed E-state index contributed by atoms with van der Waals surface area (Å²) in [4.78, 5) is 13.3. The van der Waals surface area contributed by atoms with Crippen LogP contribution in [-0.4, -0.2) is 34.3 Å². The minimum Gasteiger partial charge on any atom is -0.325 e. The van der Waals surface area contributed by atoms with E-state index in [0.29, 0.717) is 23.9 Å². The van der Waals surface area contributed by atoms with Crippen LogP contribution in [0.5, 0.6) is 0 Å². The van der Waals surface area contributed by atoms with Crippen LogP contribution in [0.3, 0.4) is 0 Å². The summed E-state index contributed by atoms with van der Waals surface area (Å²) in [6.07, 6.45) is 0.592. The van der Waals surface area contributed by atoms with Crippen molar-refractivity contribution in [1.82, 2.24) is 14.8 Å². The molecule has 1 amide bonds. The van der Waals surface area contributed by atoms with Gasteiger partial charge in [-0.05, 0) is 57.4 Å². The van der Waals surface area contributed by atoms with Crippen molar-refractivity contribution in [2.45, 2.75) is 68.6 Å². The highest BCUT2D eigenvalue weighted by molar-refractivity contribution is 8.00. The van der Waals surface area contributed by atoms with Crippen molar-refractivity contribution in [3.8, 4) is 0 Å². The number of rotatable bonds is 9. The molecule has 0 radical (unpaired) electrons. The Morgan fingerprint density at radius 2 is 1.70 bits per heavy atom. The van der Waals surface area contributed by atoms with Gasteiger partial charge in [0.2, 0.25) is 5.91 Å². The summed E-state index contributed by atoms with van der Waals surface area (Å²) < 4.78 is 27.4. The third-order valence-corrected chi connectivity index (χ3v) is 8.34. The molecule has 1 heterocycles. The summed E-state index contributed by atoms with van der Waals surface area (Å²) in [7, 11) is -3.55. The number of anilines is 1. The number of nitrogens with one attached hydrogen (secondary N) is 1. The highest BCUT2D eigenvalue weighted by Gasteiger charge is 2.25. The van der Waals surface area contributed by atoms with Crippen LogP contribution in [0.15, 0.2) is 52.5 Å². The van der Waals surface area contributed by atoms with Crippen LogP contribution in [-0.2, 0) is 26.9 Å². The molecule has 0 bridgehead atoms. The summed E-state index contributed by atoms with van der Waals surface area (Å²) >= 11 is 1.31. The van der Waals surface area contributed by atoms with E-state index < -0.39 is 15.1 Å². The van der Waals surface area contributed by atoms with Crippen molar-refractivity contribution >= 4 is 33.2 Å². The molecule has 0 fully saturated rings. The Kier molecular flexibility index (Phi) is 7.97. The lowest BCUT2D eigenvalue weighted by Crippen LogP contribution is -2.26. The largest absolute Gasteiger partial charge is 0.325 e. The molecule has 0 aliphatic heterocycles. The van der Waals surface area contributed by atoms with Crippen molar-refractivity contribution in [3.63, 3.8) is 0 Å². The molecule has 0 aliphatic carbocycles. The summed E-state index contributed by atoms with van der Waals surface area (Å²) in [5.74, 6) is 0.00869. The van der Waals surface area contributed by atoms with Crippen molar-refractivity contribution in [2.24, 2.45) is 0 Å². The van der Waals surface area contributed by atoms with Crippen molar-refractivity contribution < 1.29 is 13.2 Å². The van der Waals surface area contributed by atoms with Gasteiger partial charge >= 0.3 is 0 Å². The second-order valence-electron chi connectivity index (χ2n) is 7.99. The van der Waals surface area contributed by atoms with Crippen LogP contribution in [0.4, 0.5) is 5.69 Å². The summed E-state index contributed by atoms with van der Waals surface area (Å²) in [6.45, 7) is 10.4. The molecule has 7 nitrogen and oxygen atoms in total. The van der Waals surface area contributed by atoms with Gasteiger partial charge in [-0.1, -0.05) is 54.6 Å². The maximum absolute atomic E-state index is 13.1. The van der Waals surface area contributed by atoms with E-state index in [2.05, 4.69) is 15.5 Å². The Balaban J connectivity index is 1.79. The van der Waals surface area contributed by atoms with E-state index in [1.54, 1.807) is 34.9 Å². The fourth-order valence-electron chi connectivity index (χ4n) is 3.74. The standard InChI is InChI=1S/C24H30N4O3S2/c1-6-20(23(29)25-22-17(4)13-16(3)14-18(22)5)32-24-27-26-21(28(24)7-2)15-33(30,31)19-11-9-8-10-12-19/h8-14,20H,6-7,15H2,1-5H3,(H,25,29). The van der Waals surface area contributed by atoms with Gasteiger partial charge in [0.25, 0.3) is 0 Å². The molecular formula is C24H30N4O3S2. The number of thioether (sulfide) groups is 1. The number of aryl methyl sites for hydroxylation is 3. The molecule has 0 saturated carbocycles. The third kappa shape index (κ3) is 5.83. The monoisotopic (exact) mass is 486 g/mol. The molecule has 0 aliphatic rings. The van der Waals surface area contributed by atoms with Gasteiger partial charge in [-0.2, -0.15) is 0 Å². The quantitative estimate of drug-likeness (QED) is 0.440. The van der Waals surface area contributed by atoms with Gasteiger partial charge in [0.1, 0.15) is 11.6 Å². The van der Waals surface area contributed by atoms with E-state index in [4.69, 9.17) is 0 Å². The van der Waals surface area contributed by atoms with E-state index in [9.17, 15) is 13.2 Å². The molecule has 0 spiro atoms. The molecule has 1 aromatic heterocycles. The van der Waals surface area contributed by atoms with Gasteiger partial charge in [-0.15, -0.1) is 10.2 Å². The van der Waals surface area contributed by atoms with Crippen LogP contribution >= 0.6 is 11.8 Å². The number of hydrogen-bond acceptors (Lipinski definition) is 6. The number of aromatic nitrogens is 3. The molecule has 1 atom stereocenters. The smallest absolute Gasteiger partial charge is 0.237 e. The van der Waals surface area contributed by atoms with Crippen LogP contribution in [0.25, 0.3) is 0 Å². The molecule has 176 valence electrons. The molecule has 2 aromatic carbocycles. The molecule has 3 aromatic rings. The Labute approximate surface area is 199 Å². The van der Waals surface area contributed by atoms with Gasteiger partial charge in [-0.25, -0.2) is 8.42 Å². The first-order valence-corrected chi connectivity index (χ1v) is 13.4. The van der Waals surface area contributed by atoms with E-state index in [1.807, 2.05) is 46.8 Å². The van der Waals surface area contributed by atoms with E-state index in [0.717, 1.165) is 22.4 Å². The molecule has 3 rings (SSSR count). The van der Waals surface area contributed by atoms with Crippen LogP contribution in [0, 0.1) is 20.8 Å². The average Bonchev–Trinajstić information content (AvgIpc) is 3.15. The summed E-state index contributed by atoms with van der Waals surface area (Å²) in [6, 6.07) is 12.4. The lowest BCUT2D eigenvalue weighted by Gasteiger charge is -2.18. The number of sulfone groups is 1. The first kappa shape index (κ1) is 25.0. The van der Waals surface area contributed by atoms with Crippen LogP contribution in [0.1, 0.15) is 42.8 Å². The highest BCUT2D eigenvalue weighted by atomic mass is 32.2. The molecule has 0 saturated heterocycles. The molecule has 1 N–H and O–H groups in total. The van der Waals surface area contributed by atoms with Gasteiger partial charge in [0.05, 0.1) is 10.1 Å². The topological polar surface area (TPSA) is 93.9 Å². The SMILES string of the molecule is CCC(Sc1nnc(CS(=O)(=O)c2ccccc2)n1CC)C(=O)Nc1c(C)cc(C)cc1C. The highest BCUT2D eigenvalue weighted by Crippen LogP contribution is 2.29. The zero-order valence-electron chi connectivity index (χ0n) is 19.6. The van der Waals surface area contributed by atoms with Gasteiger partial charge in [-0.3, -0.25) is 4.79 Å². The first-order valence-electron chi connectivity index (χ1n) is 10.9. The summed E-state index contributed by atoms with van der Waals surface area (Å²) in [5.41, 5.74) is 4.02. The normalized spacial score (nSPS) is 12.5. The van der Waals surface area contributed by atoms with E-state index >= 15 is 0 Å². The van der Waals surface area contributed by atoms with Gasteiger partial charge < -0.3 is 9.88 Å². The van der Waals surface area contributed by atoms with E-state index in [-0.39, 0.29) is 16.6 Å². The zero-order valence-corrected chi connectivity index (χ0v) is 21.3. The maximum atomic E-state index is 13.1. The van der Waals surface area contributed by atoms with Crippen LogP contribution < -0.4 is 5.32 Å². The Morgan fingerprint density at radius 1 is 1.06 bits per heavy atom. The predicted octanol–water partition coefficient (Wildman–Crippen LogP) is 4.71. The first-order chi connectivity index (χ1) is 15.7. The molecule has 33 heavy (non-hydrogen) atoms. The maximum Gasteiger partial charge on any atom is 0.237 e. The van der Waals surface area contributed by atoms with Crippen LogP contribution in [0.2, 0.25) is 0 Å². The fraction of sp³-hybridized carbons (Fsp3) is 0.375. The fourth-order valence-corrected chi connectivity index (χ4v) is 6.07. The minimum absolute atomic E-state index is 0.110. The number of hydrogen-bond donors (Lipinski definition) is 1. The average molecular weight is 487 g/mol. The minimum atomic E-state index is -3.55. The number of carbonyl (C=O) groups excluding carboxylic acids is 1. The number of carbonyl (C=O) groups is 1. The Bertz CT molecular complexity index is 1210. The second kappa shape index (κ2) is 10.5. The second-order valence-corrected chi connectivity index (χ2v) is 11.2.